The Morgan fingerprint density at radius 1 is 1.08 bits per heavy atom. The van der Waals surface area contributed by atoms with Crippen LogP contribution in [0, 0.1) is 0 Å². The van der Waals surface area contributed by atoms with E-state index in [1.807, 2.05) is 33.6 Å². The van der Waals surface area contributed by atoms with Crippen molar-refractivity contribution >= 4 is 39.1 Å². The van der Waals surface area contributed by atoms with E-state index in [2.05, 4.69) is 25.1 Å². The number of nitrogens with zero attached hydrogens (tertiary/aromatic N) is 7. The van der Waals surface area contributed by atoms with E-state index in [1.165, 1.54) is 11.3 Å². The lowest BCUT2D eigenvalue weighted by atomic mass is 10.1. The van der Waals surface area contributed by atoms with Gasteiger partial charge in [-0.15, -0.1) is 21.5 Å². The first-order chi connectivity index (χ1) is 12.8. The zero-order chi connectivity index (χ0) is 17.5. The van der Waals surface area contributed by atoms with E-state index in [-0.39, 0.29) is 5.91 Å². The summed E-state index contributed by atoms with van der Waals surface area (Å²) in [6.07, 6.45) is 3.40. The zero-order valence-electron chi connectivity index (χ0n) is 13.8. The average molecular weight is 365 g/mol. The summed E-state index contributed by atoms with van der Waals surface area (Å²) in [6.45, 7) is 2.84. The van der Waals surface area contributed by atoms with Crippen LogP contribution in [0.2, 0.25) is 0 Å². The molecule has 0 atom stereocenters. The fourth-order valence-electron chi connectivity index (χ4n) is 3.35. The lowest BCUT2D eigenvalue weighted by Gasteiger charge is -2.36. The van der Waals surface area contributed by atoms with Crippen LogP contribution in [-0.2, 0) is 0 Å². The molecule has 1 aliphatic rings. The molecule has 4 heterocycles. The third-order valence-electron chi connectivity index (χ3n) is 4.67. The van der Waals surface area contributed by atoms with Crippen LogP contribution < -0.4 is 4.90 Å². The van der Waals surface area contributed by atoms with E-state index >= 15 is 0 Å². The number of carbonyl (C=O) groups excluding carboxylic acids is 1. The van der Waals surface area contributed by atoms with Gasteiger partial charge in [0.15, 0.2) is 0 Å². The Morgan fingerprint density at radius 3 is 2.85 bits per heavy atom. The van der Waals surface area contributed by atoms with Gasteiger partial charge < -0.3 is 9.80 Å². The molecule has 1 saturated heterocycles. The molecule has 4 aromatic rings. The Labute approximate surface area is 152 Å². The maximum absolute atomic E-state index is 13.0. The van der Waals surface area contributed by atoms with Crippen molar-refractivity contribution in [3.05, 3.63) is 47.9 Å². The predicted octanol–water partition coefficient (Wildman–Crippen LogP) is 1.70. The Bertz CT molecular complexity index is 1100. The van der Waals surface area contributed by atoms with Crippen molar-refractivity contribution in [3.8, 4) is 0 Å². The molecule has 0 bridgehead atoms. The van der Waals surface area contributed by atoms with Gasteiger partial charge in [0.2, 0.25) is 0 Å². The molecule has 3 aromatic heterocycles. The second kappa shape index (κ2) is 6.03. The minimum Gasteiger partial charge on any atom is -0.354 e. The number of hydrogen-bond donors (Lipinski definition) is 0. The van der Waals surface area contributed by atoms with Crippen LogP contribution >= 0.6 is 11.3 Å². The standard InChI is InChI=1S/C17H15N7OS/c25-16(12-2-1-3-13-15(12)26-11-19-13)23-8-6-22(7-9-23)14-4-5-18-17-21-20-10-24(14)17/h1-5,10-11H,6-9H2. The number of rotatable bonds is 2. The third-order valence-corrected chi connectivity index (χ3v) is 5.54. The molecule has 0 aliphatic carbocycles. The summed E-state index contributed by atoms with van der Waals surface area (Å²) in [5, 5.41) is 7.90. The molecule has 1 amide bonds. The second-order valence-corrected chi connectivity index (χ2v) is 6.94. The predicted molar refractivity (Wildman–Crippen MR) is 98.5 cm³/mol. The van der Waals surface area contributed by atoms with Crippen molar-refractivity contribution in [2.75, 3.05) is 31.1 Å². The van der Waals surface area contributed by atoms with Crippen molar-refractivity contribution in [1.82, 2.24) is 29.5 Å². The molecule has 8 nitrogen and oxygen atoms in total. The van der Waals surface area contributed by atoms with Gasteiger partial charge in [0, 0.05) is 32.4 Å². The minimum atomic E-state index is 0.0728. The summed E-state index contributed by atoms with van der Waals surface area (Å²) in [6, 6.07) is 7.67. The number of aromatic nitrogens is 5. The number of fused-ring (bicyclic) bond motifs is 2. The van der Waals surface area contributed by atoms with Gasteiger partial charge in [-0.05, 0) is 18.2 Å². The Balaban J connectivity index is 1.36. The number of piperazine rings is 1. The monoisotopic (exact) mass is 365 g/mol. The van der Waals surface area contributed by atoms with Crippen molar-refractivity contribution in [1.29, 1.82) is 0 Å². The van der Waals surface area contributed by atoms with E-state index in [0.717, 1.165) is 34.7 Å². The smallest absolute Gasteiger partial charge is 0.256 e. The highest BCUT2D eigenvalue weighted by Gasteiger charge is 2.25. The molecule has 0 radical (unpaired) electrons. The normalized spacial score (nSPS) is 15.1. The van der Waals surface area contributed by atoms with E-state index in [0.29, 0.717) is 18.9 Å². The fraction of sp³-hybridized carbons (Fsp3) is 0.235. The quantitative estimate of drug-likeness (QED) is 0.538. The van der Waals surface area contributed by atoms with Crippen LogP contribution in [0.1, 0.15) is 10.4 Å². The van der Waals surface area contributed by atoms with Crippen molar-refractivity contribution in [3.63, 3.8) is 0 Å². The van der Waals surface area contributed by atoms with E-state index in [4.69, 9.17) is 0 Å². The maximum atomic E-state index is 13.0. The molecule has 0 N–H and O–H groups in total. The summed E-state index contributed by atoms with van der Waals surface area (Å²) in [7, 11) is 0. The summed E-state index contributed by atoms with van der Waals surface area (Å²) in [5.74, 6) is 1.65. The first-order valence-electron chi connectivity index (χ1n) is 8.32. The van der Waals surface area contributed by atoms with Crippen molar-refractivity contribution in [2.24, 2.45) is 0 Å². The molecule has 0 unspecified atom stereocenters. The van der Waals surface area contributed by atoms with Crippen LogP contribution in [0.25, 0.3) is 16.0 Å². The molecule has 9 heteroatoms. The van der Waals surface area contributed by atoms with Gasteiger partial charge in [-0.25, -0.2) is 9.97 Å². The molecule has 5 rings (SSSR count). The topological polar surface area (TPSA) is 79.5 Å². The molecule has 26 heavy (non-hydrogen) atoms. The van der Waals surface area contributed by atoms with Crippen molar-refractivity contribution in [2.45, 2.75) is 0 Å². The van der Waals surface area contributed by atoms with Crippen LogP contribution in [-0.4, -0.2) is 61.6 Å². The molecule has 130 valence electrons. The summed E-state index contributed by atoms with van der Waals surface area (Å²) in [5.41, 5.74) is 3.41. The van der Waals surface area contributed by atoms with Crippen LogP contribution in [0.4, 0.5) is 5.82 Å². The first-order valence-corrected chi connectivity index (χ1v) is 9.20. The number of anilines is 1. The minimum absolute atomic E-state index is 0.0728. The SMILES string of the molecule is O=C(c1cccc2ncsc12)N1CCN(c2ccnc3nncn23)CC1. The lowest BCUT2D eigenvalue weighted by molar-refractivity contribution is 0.0748. The highest BCUT2D eigenvalue weighted by atomic mass is 32.1. The van der Waals surface area contributed by atoms with Crippen LogP contribution in [0.3, 0.4) is 0 Å². The van der Waals surface area contributed by atoms with Gasteiger partial charge in [-0.2, -0.15) is 0 Å². The van der Waals surface area contributed by atoms with Gasteiger partial charge in [0.1, 0.15) is 12.1 Å². The molecule has 1 fully saturated rings. The lowest BCUT2D eigenvalue weighted by Crippen LogP contribution is -2.49. The molecule has 1 aromatic carbocycles. The second-order valence-electron chi connectivity index (χ2n) is 6.09. The molecule has 0 spiro atoms. The molecule has 1 aliphatic heterocycles. The third kappa shape index (κ3) is 2.39. The van der Waals surface area contributed by atoms with Crippen molar-refractivity contribution < 1.29 is 4.79 Å². The zero-order valence-corrected chi connectivity index (χ0v) is 14.6. The first kappa shape index (κ1) is 15.2. The molecular formula is C17H15N7OS. The van der Waals surface area contributed by atoms with E-state index < -0.39 is 0 Å². The van der Waals surface area contributed by atoms with Gasteiger partial charge in [0.05, 0.1) is 21.3 Å². The fourth-order valence-corrected chi connectivity index (χ4v) is 4.15. The number of carbonyl (C=O) groups is 1. The molecule has 0 saturated carbocycles. The molecular weight excluding hydrogens is 350 g/mol. The Kier molecular flexibility index (Phi) is 3.52. The Hall–Kier alpha value is -3.07. The van der Waals surface area contributed by atoms with Gasteiger partial charge in [-0.3, -0.25) is 9.20 Å². The van der Waals surface area contributed by atoms with Gasteiger partial charge in [-0.1, -0.05) is 6.07 Å². The van der Waals surface area contributed by atoms with E-state index in [9.17, 15) is 4.79 Å². The highest BCUT2D eigenvalue weighted by molar-refractivity contribution is 7.17. The van der Waals surface area contributed by atoms with E-state index in [1.54, 1.807) is 18.0 Å². The summed E-state index contributed by atoms with van der Waals surface area (Å²) < 4.78 is 2.83. The van der Waals surface area contributed by atoms with Gasteiger partial charge in [0.25, 0.3) is 11.7 Å². The largest absolute Gasteiger partial charge is 0.354 e. The maximum Gasteiger partial charge on any atom is 0.256 e. The highest BCUT2D eigenvalue weighted by Crippen LogP contribution is 2.24. The summed E-state index contributed by atoms with van der Waals surface area (Å²) >= 11 is 1.51. The van der Waals surface area contributed by atoms with Crippen LogP contribution in [0.5, 0.6) is 0 Å². The summed E-state index contributed by atoms with van der Waals surface area (Å²) in [4.78, 5) is 25.6. The number of benzene rings is 1. The number of hydrogen-bond acceptors (Lipinski definition) is 7. The van der Waals surface area contributed by atoms with Crippen LogP contribution in [0.15, 0.2) is 42.3 Å². The Morgan fingerprint density at radius 2 is 1.96 bits per heavy atom. The van der Waals surface area contributed by atoms with Gasteiger partial charge >= 0.3 is 0 Å². The number of thiazole rings is 1. The number of amides is 1. The average Bonchev–Trinajstić information content (AvgIpc) is 3.36.